The third kappa shape index (κ3) is 2.82. The van der Waals surface area contributed by atoms with Crippen LogP contribution in [0, 0.1) is 11.3 Å². The summed E-state index contributed by atoms with van der Waals surface area (Å²) in [7, 11) is 0. The quantitative estimate of drug-likeness (QED) is 0.723. The van der Waals surface area contributed by atoms with Crippen molar-refractivity contribution < 1.29 is 0 Å². The van der Waals surface area contributed by atoms with Crippen LogP contribution in [-0.2, 0) is 0 Å². The van der Waals surface area contributed by atoms with Crippen LogP contribution < -0.4 is 5.32 Å². The molecule has 0 fully saturated rings. The van der Waals surface area contributed by atoms with E-state index in [4.69, 9.17) is 16.9 Å². The van der Waals surface area contributed by atoms with E-state index in [0.29, 0.717) is 16.3 Å². The van der Waals surface area contributed by atoms with Gasteiger partial charge in [-0.1, -0.05) is 11.6 Å². The second-order valence-electron chi connectivity index (χ2n) is 4.31. The topological polar surface area (TPSA) is 61.6 Å². The van der Waals surface area contributed by atoms with Gasteiger partial charge in [-0.25, -0.2) is 0 Å². The maximum absolute atomic E-state index is 8.97. The molecule has 0 unspecified atom stereocenters. The molecule has 0 aliphatic carbocycles. The average Bonchev–Trinajstić information content (AvgIpc) is 2.49. The number of nitriles is 1. The molecule has 3 aromatic rings. The summed E-state index contributed by atoms with van der Waals surface area (Å²) in [6.07, 6.45) is 3.41. The van der Waals surface area contributed by atoms with E-state index in [1.807, 2.05) is 12.1 Å². The molecule has 1 N–H and O–H groups in total. The first-order valence-corrected chi connectivity index (χ1v) is 7.21. The summed E-state index contributed by atoms with van der Waals surface area (Å²) < 4.78 is 0.865. The molecule has 0 atom stereocenters. The molecule has 6 heteroatoms. The van der Waals surface area contributed by atoms with E-state index < -0.39 is 0 Å². The monoisotopic (exact) mass is 358 g/mol. The zero-order valence-electron chi connectivity index (χ0n) is 10.6. The summed E-state index contributed by atoms with van der Waals surface area (Å²) in [4.78, 5) is 8.65. The average molecular weight is 360 g/mol. The van der Waals surface area contributed by atoms with Crippen molar-refractivity contribution in [1.29, 1.82) is 5.26 Å². The fraction of sp³-hybridized carbons (Fsp3) is 0. The third-order valence-electron chi connectivity index (χ3n) is 2.91. The Balaban J connectivity index is 2.08. The highest BCUT2D eigenvalue weighted by Crippen LogP contribution is 2.29. The number of halogens is 2. The van der Waals surface area contributed by atoms with Crippen molar-refractivity contribution in [2.24, 2.45) is 0 Å². The lowest BCUT2D eigenvalue weighted by Gasteiger charge is -2.10. The van der Waals surface area contributed by atoms with Gasteiger partial charge in [0.15, 0.2) is 0 Å². The van der Waals surface area contributed by atoms with Crippen molar-refractivity contribution in [1.82, 2.24) is 9.97 Å². The molecule has 2 heterocycles. The van der Waals surface area contributed by atoms with Gasteiger partial charge < -0.3 is 5.32 Å². The molecule has 0 saturated heterocycles. The lowest BCUT2D eigenvalue weighted by Crippen LogP contribution is -1.95. The predicted molar refractivity (Wildman–Crippen MR) is 86.7 cm³/mol. The largest absolute Gasteiger partial charge is 0.352 e. The predicted octanol–water partition coefficient (Wildman–Crippen LogP) is 4.66. The summed E-state index contributed by atoms with van der Waals surface area (Å²) in [5, 5.41) is 12.7. The van der Waals surface area contributed by atoms with Gasteiger partial charge in [-0.05, 0) is 46.3 Å². The van der Waals surface area contributed by atoms with E-state index in [-0.39, 0.29) is 0 Å². The second-order valence-corrected chi connectivity index (χ2v) is 5.63. The standard InChI is InChI=1S/C15H8BrClN4/c16-10-6-14-15(20-8-10)12(3-4-19-14)21-13-5-9(7-18)1-2-11(13)17/h1-6,8H,(H,19,21). The van der Waals surface area contributed by atoms with Crippen LogP contribution in [0.5, 0.6) is 0 Å². The minimum absolute atomic E-state index is 0.538. The van der Waals surface area contributed by atoms with Gasteiger partial charge in [0.1, 0.15) is 5.52 Å². The molecular weight excluding hydrogens is 352 g/mol. The number of benzene rings is 1. The van der Waals surface area contributed by atoms with E-state index >= 15 is 0 Å². The third-order valence-corrected chi connectivity index (χ3v) is 3.67. The molecule has 102 valence electrons. The first-order chi connectivity index (χ1) is 10.2. The Morgan fingerprint density at radius 1 is 1.14 bits per heavy atom. The van der Waals surface area contributed by atoms with Crippen LogP contribution >= 0.6 is 27.5 Å². The summed E-state index contributed by atoms with van der Waals surface area (Å²) in [6.45, 7) is 0. The highest BCUT2D eigenvalue weighted by atomic mass is 79.9. The minimum atomic E-state index is 0.538. The molecular formula is C15H8BrClN4. The molecule has 2 aromatic heterocycles. The van der Waals surface area contributed by atoms with Crippen LogP contribution in [0.15, 0.2) is 47.2 Å². The van der Waals surface area contributed by atoms with Gasteiger partial charge in [0.25, 0.3) is 0 Å². The molecule has 4 nitrogen and oxygen atoms in total. The molecule has 1 aromatic carbocycles. The van der Waals surface area contributed by atoms with E-state index in [1.165, 1.54) is 0 Å². The maximum atomic E-state index is 8.97. The van der Waals surface area contributed by atoms with Crippen molar-refractivity contribution in [3.63, 3.8) is 0 Å². The number of fused-ring (bicyclic) bond motifs is 1. The fourth-order valence-corrected chi connectivity index (χ4v) is 2.43. The van der Waals surface area contributed by atoms with Crippen LogP contribution in [0.3, 0.4) is 0 Å². The van der Waals surface area contributed by atoms with Gasteiger partial charge in [-0.15, -0.1) is 0 Å². The normalized spacial score (nSPS) is 10.3. The minimum Gasteiger partial charge on any atom is -0.352 e. The van der Waals surface area contributed by atoms with Crippen molar-refractivity contribution in [2.75, 3.05) is 5.32 Å². The number of pyridine rings is 2. The second kappa shape index (κ2) is 5.68. The van der Waals surface area contributed by atoms with Gasteiger partial charge in [0.2, 0.25) is 0 Å². The highest BCUT2D eigenvalue weighted by Gasteiger charge is 2.07. The maximum Gasteiger partial charge on any atom is 0.112 e. The first kappa shape index (κ1) is 13.8. The summed E-state index contributed by atoms with van der Waals surface area (Å²) in [5.41, 5.74) is 3.48. The summed E-state index contributed by atoms with van der Waals surface area (Å²) in [5.74, 6) is 0. The first-order valence-electron chi connectivity index (χ1n) is 6.04. The van der Waals surface area contributed by atoms with Gasteiger partial charge in [0.05, 0.1) is 33.5 Å². The van der Waals surface area contributed by atoms with Crippen molar-refractivity contribution in [2.45, 2.75) is 0 Å². The number of nitrogens with one attached hydrogen (secondary N) is 1. The SMILES string of the molecule is N#Cc1ccc(Cl)c(Nc2ccnc3cc(Br)cnc23)c1. The van der Waals surface area contributed by atoms with Crippen molar-refractivity contribution in [3.05, 3.63) is 57.8 Å². The van der Waals surface area contributed by atoms with Crippen LogP contribution in [0.4, 0.5) is 11.4 Å². The number of anilines is 2. The van der Waals surface area contributed by atoms with Gasteiger partial charge in [-0.2, -0.15) is 5.26 Å². The Hall–Kier alpha value is -2.16. The highest BCUT2D eigenvalue weighted by molar-refractivity contribution is 9.10. The molecule has 0 spiro atoms. The van der Waals surface area contributed by atoms with E-state index in [0.717, 1.165) is 21.2 Å². The summed E-state index contributed by atoms with van der Waals surface area (Å²) in [6, 6.07) is 10.9. The van der Waals surface area contributed by atoms with Crippen LogP contribution in [0.25, 0.3) is 11.0 Å². The Morgan fingerprint density at radius 2 is 2.00 bits per heavy atom. The molecule has 0 saturated carbocycles. The molecule has 0 aliphatic heterocycles. The Labute approximate surface area is 134 Å². The molecule has 0 amide bonds. The molecule has 0 radical (unpaired) electrons. The van der Waals surface area contributed by atoms with E-state index in [2.05, 4.69) is 37.3 Å². The Morgan fingerprint density at radius 3 is 2.81 bits per heavy atom. The number of rotatable bonds is 2. The zero-order valence-corrected chi connectivity index (χ0v) is 13.0. The number of aromatic nitrogens is 2. The van der Waals surface area contributed by atoms with Gasteiger partial charge in [-0.3, -0.25) is 9.97 Å². The smallest absolute Gasteiger partial charge is 0.112 e. The lowest BCUT2D eigenvalue weighted by atomic mass is 10.2. The van der Waals surface area contributed by atoms with E-state index in [1.54, 1.807) is 30.6 Å². The number of hydrogen-bond acceptors (Lipinski definition) is 4. The van der Waals surface area contributed by atoms with E-state index in [9.17, 15) is 0 Å². The van der Waals surface area contributed by atoms with Crippen LogP contribution in [-0.4, -0.2) is 9.97 Å². The van der Waals surface area contributed by atoms with Crippen LogP contribution in [0.2, 0.25) is 5.02 Å². The number of nitrogens with zero attached hydrogens (tertiary/aromatic N) is 3. The zero-order chi connectivity index (χ0) is 14.8. The van der Waals surface area contributed by atoms with Gasteiger partial charge in [0, 0.05) is 16.9 Å². The lowest BCUT2D eigenvalue weighted by molar-refractivity contribution is 1.32. The number of hydrogen-bond donors (Lipinski definition) is 1. The fourth-order valence-electron chi connectivity index (χ4n) is 1.94. The molecule has 0 bridgehead atoms. The van der Waals surface area contributed by atoms with Crippen LogP contribution in [0.1, 0.15) is 5.56 Å². The van der Waals surface area contributed by atoms with Gasteiger partial charge >= 0.3 is 0 Å². The van der Waals surface area contributed by atoms with Crippen molar-refractivity contribution >= 4 is 49.9 Å². The molecule has 21 heavy (non-hydrogen) atoms. The molecule has 0 aliphatic rings. The summed E-state index contributed by atoms with van der Waals surface area (Å²) >= 11 is 9.54. The Bertz CT molecular complexity index is 873. The molecule has 3 rings (SSSR count). The Kier molecular flexibility index (Phi) is 3.74. The van der Waals surface area contributed by atoms with Crippen molar-refractivity contribution in [3.8, 4) is 6.07 Å².